The largest absolute Gasteiger partial charge is 0.490 e. The molecular weight excluding hydrogens is 434 g/mol. The van der Waals surface area contributed by atoms with Gasteiger partial charge in [-0.1, -0.05) is 48.6 Å². The minimum atomic E-state index is -0.534. The lowest BCUT2D eigenvalue weighted by atomic mass is 9.96. The maximum absolute atomic E-state index is 10.9. The van der Waals surface area contributed by atoms with Crippen molar-refractivity contribution in [1.82, 2.24) is 9.47 Å². The maximum atomic E-state index is 10.9. The van der Waals surface area contributed by atoms with Crippen molar-refractivity contribution in [2.24, 2.45) is 7.05 Å². The Morgan fingerprint density at radius 2 is 1.74 bits per heavy atom. The van der Waals surface area contributed by atoms with E-state index in [1.54, 1.807) is 0 Å². The van der Waals surface area contributed by atoms with Crippen LogP contribution in [0.5, 0.6) is 5.75 Å². The molecule has 0 aliphatic carbocycles. The first-order valence-electron chi connectivity index (χ1n) is 12.6. The second-order valence-electron chi connectivity index (χ2n) is 9.97. The Balaban J connectivity index is 1.14. The van der Waals surface area contributed by atoms with Gasteiger partial charge >= 0.3 is 0 Å². The van der Waals surface area contributed by atoms with Crippen molar-refractivity contribution in [1.29, 1.82) is 0 Å². The molecule has 3 aromatic carbocycles. The minimum Gasteiger partial charge on any atom is -0.490 e. The van der Waals surface area contributed by atoms with Gasteiger partial charge in [0.15, 0.2) is 0 Å². The molecule has 1 fully saturated rings. The molecule has 3 aliphatic rings. The molecule has 2 bridgehead atoms. The topological polar surface area (TPSA) is 40.9 Å². The van der Waals surface area contributed by atoms with Crippen LogP contribution in [0.2, 0.25) is 0 Å². The molecule has 0 amide bonds. The number of nitrogens with zero attached hydrogens (tertiary/aromatic N) is 3. The number of hydrogen-bond acceptors (Lipinski definition) is 4. The summed E-state index contributed by atoms with van der Waals surface area (Å²) in [5.74, 6) is 0.835. The summed E-state index contributed by atoms with van der Waals surface area (Å²) >= 11 is 0. The van der Waals surface area contributed by atoms with Gasteiger partial charge in [0.1, 0.15) is 18.5 Å². The summed E-state index contributed by atoms with van der Waals surface area (Å²) in [6, 6.07) is 24.3. The van der Waals surface area contributed by atoms with E-state index in [4.69, 9.17) is 4.74 Å². The van der Waals surface area contributed by atoms with Crippen LogP contribution < -0.4 is 9.64 Å². The van der Waals surface area contributed by atoms with Crippen LogP contribution in [0.25, 0.3) is 21.7 Å². The Hall–Kier alpha value is -3.28. The summed E-state index contributed by atoms with van der Waals surface area (Å²) in [4.78, 5) is 5.05. The highest BCUT2D eigenvalue weighted by Crippen LogP contribution is 2.31. The lowest BCUT2D eigenvalue weighted by molar-refractivity contribution is 0.0409. The average molecular weight is 468 g/mol. The molecule has 3 atom stereocenters. The summed E-state index contributed by atoms with van der Waals surface area (Å²) < 4.78 is 8.18. The lowest BCUT2D eigenvalue weighted by Crippen LogP contribution is -2.60. The molecule has 4 aromatic rings. The van der Waals surface area contributed by atoms with Crippen molar-refractivity contribution in [3.63, 3.8) is 0 Å². The van der Waals surface area contributed by atoms with Crippen LogP contribution in [0.4, 0.5) is 5.69 Å². The number of rotatable bonds is 6. The van der Waals surface area contributed by atoms with E-state index in [-0.39, 0.29) is 0 Å². The van der Waals surface area contributed by atoms with Crippen molar-refractivity contribution < 1.29 is 9.84 Å². The van der Waals surface area contributed by atoms with Gasteiger partial charge in [-0.25, -0.2) is 0 Å². The van der Waals surface area contributed by atoms with Crippen molar-refractivity contribution in [2.75, 3.05) is 31.1 Å². The van der Waals surface area contributed by atoms with Crippen molar-refractivity contribution in [3.8, 4) is 5.75 Å². The maximum Gasteiger partial charge on any atom is 0.128 e. The summed E-state index contributed by atoms with van der Waals surface area (Å²) in [6.07, 6.45) is 8.20. The molecule has 5 nitrogen and oxygen atoms in total. The van der Waals surface area contributed by atoms with E-state index in [1.807, 2.05) is 25.4 Å². The summed E-state index contributed by atoms with van der Waals surface area (Å²) in [5, 5.41) is 14.6. The summed E-state index contributed by atoms with van der Waals surface area (Å²) in [5.41, 5.74) is 2.44. The Morgan fingerprint density at radius 1 is 0.914 bits per heavy atom. The predicted molar refractivity (Wildman–Crippen MR) is 143 cm³/mol. The summed E-state index contributed by atoms with van der Waals surface area (Å²) in [7, 11) is 2.04. The molecule has 1 saturated heterocycles. The zero-order valence-electron chi connectivity index (χ0n) is 20.3. The van der Waals surface area contributed by atoms with E-state index in [0.717, 1.165) is 42.6 Å². The fourth-order valence-electron chi connectivity index (χ4n) is 5.75. The highest BCUT2D eigenvalue weighted by Gasteiger charge is 2.35. The van der Waals surface area contributed by atoms with Gasteiger partial charge in [0.2, 0.25) is 0 Å². The molecular formula is C30H33N3O2. The van der Waals surface area contributed by atoms with Gasteiger partial charge in [-0.3, -0.25) is 4.90 Å². The third-order valence-electron chi connectivity index (χ3n) is 7.62. The van der Waals surface area contributed by atoms with E-state index in [9.17, 15) is 5.11 Å². The highest BCUT2D eigenvalue weighted by atomic mass is 16.5. The monoisotopic (exact) mass is 467 g/mol. The first kappa shape index (κ1) is 22.2. The van der Waals surface area contributed by atoms with Crippen molar-refractivity contribution in [3.05, 3.63) is 85.1 Å². The number of piperazine rings is 1. The SMILES string of the molecule is Cn1ccc2c(OC[C@@H](O)CN3C[C@@H]4CC=CC[C@H]3CN4c3ccc4ccccc4c3)cccc21. The van der Waals surface area contributed by atoms with E-state index in [1.165, 1.54) is 16.5 Å². The van der Waals surface area contributed by atoms with Gasteiger partial charge in [0, 0.05) is 56.0 Å². The molecule has 0 spiro atoms. The third kappa shape index (κ3) is 4.42. The Bertz CT molecular complexity index is 1360. The van der Waals surface area contributed by atoms with Crippen LogP contribution >= 0.6 is 0 Å². The first-order chi connectivity index (χ1) is 17.2. The highest BCUT2D eigenvalue weighted by molar-refractivity contribution is 5.87. The molecule has 4 heterocycles. The molecule has 3 aliphatic heterocycles. The van der Waals surface area contributed by atoms with E-state index in [2.05, 4.69) is 81.1 Å². The molecule has 7 rings (SSSR count). The number of aliphatic hydroxyl groups excluding tert-OH is 1. The smallest absolute Gasteiger partial charge is 0.128 e. The number of anilines is 1. The Morgan fingerprint density at radius 3 is 2.63 bits per heavy atom. The van der Waals surface area contributed by atoms with Crippen molar-refractivity contribution in [2.45, 2.75) is 31.0 Å². The van der Waals surface area contributed by atoms with Crippen LogP contribution in [0, 0.1) is 0 Å². The molecule has 0 unspecified atom stereocenters. The van der Waals surface area contributed by atoms with Gasteiger partial charge in [-0.15, -0.1) is 0 Å². The van der Waals surface area contributed by atoms with Crippen LogP contribution in [-0.4, -0.2) is 59.0 Å². The van der Waals surface area contributed by atoms with E-state index >= 15 is 0 Å². The average Bonchev–Trinajstić information content (AvgIpc) is 3.24. The van der Waals surface area contributed by atoms with Crippen LogP contribution in [0.15, 0.2) is 85.1 Å². The normalized spacial score (nSPS) is 21.4. The number of fused-ring (bicyclic) bond motifs is 6. The fraction of sp³-hybridized carbons (Fsp3) is 0.333. The Labute approximate surface area is 206 Å². The van der Waals surface area contributed by atoms with E-state index in [0.29, 0.717) is 25.2 Å². The number of aliphatic hydroxyl groups is 1. The van der Waals surface area contributed by atoms with Crippen LogP contribution in [-0.2, 0) is 7.05 Å². The second-order valence-corrected chi connectivity index (χ2v) is 9.97. The fourth-order valence-corrected chi connectivity index (χ4v) is 5.75. The number of hydrogen-bond donors (Lipinski definition) is 1. The van der Waals surface area contributed by atoms with Gasteiger partial charge in [-0.05, 0) is 53.9 Å². The van der Waals surface area contributed by atoms with E-state index < -0.39 is 6.10 Å². The summed E-state index contributed by atoms with van der Waals surface area (Å²) in [6.45, 7) is 2.86. The quantitative estimate of drug-likeness (QED) is 0.406. The first-order valence-corrected chi connectivity index (χ1v) is 12.6. The minimum absolute atomic E-state index is 0.298. The van der Waals surface area contributed by atoms with Crippen LogP contribution in [0.3, 0.4) is 0 Å². The molecule has 180 valence electrons. The third-order valence-corrected chi connectivity index (χ3v) is 7.62. The van der Waals surface area contributed by atoms with Gasteiger partial charge in [0.25, 0.3) is 0 Å². The lowest BCUT2D eigenvalue weighted by Gasteiger charge is -2.48. The molecule has 0 saturated carbocycles. The van der Waals surface area contributed by atoms with Gasteiger partial charge in [-0.2, -0.15) is 0 Å². The standard InChI is InChI=1S/C30H33N3O2/c1-31-16-15-28-29(31)11-6-12-30(28)35-21-27(34)20-32-18-26-10-5-4-9-25(32)19-33(26)24-14-13-22-7-2-3-8-23(22)17-24/h2-8,11-17,25-27,34H,9-10,18-21H2,1H3/t25-,26-,27-/m0/s1. The van der Waals surface area contributed by atoms with Gasteiger partial charge in [0.05, 0.1) is 5.52 Å². The number of ether oxygens (including phenoxy) is 1. The Kier molecular flexibility index (Phi) is 5.96. The number of aromatic nitrogens is 1. The molecule has 35 heavy (non-hydrogen) atoms. The molecule has 1 N–H and O–H groups in total. The number of aryl methyl sites for hydroxylation is 1. The zero-order valence-corrected chi connectivity index (χ0v) is 20.3. The zero-order chi connectivity index (χ0) is 23.8. The van der Waals surface area contributed by atoms with Crippen molar-refractivity contribution >= 4 is 27.4 Å². The van der Waals surface area contributed by atoms with Crippen LogP contribution in [0.1, 0.15) is 12.8 Å². The number of benzene rings is 3. The molecule has 5 heteroatoms. The predicted octanol–water partition coefficient (Wildman–Crippen LogP) is 4.98. The molecule has 0 radical (unpaired) electrons. The molecule has 1 aromatic heterocycles. The second kappa shape index (κ2) is 9.40. The van der Waals surface area contributed by atoms with Gasteiger partial charge < -0.3 is 19.3 Å².